The number of ether oxygens (including phenoxy) is 2. The summed E-state index contributed by atoms with van der Waals surface area (Å²) in [6.45, 7) is 3.73. The van der Waals surface area contributed by atoms with Crippen LogP contribution in [0.25, 0.3) is 0 Å². The highest BCUT2D eigenvalue weighted by atomic mass is 16.5. The van der Waals surface area contributed by atoms with E-state index in [1.807, 2.05) is 6.92 Å². The molecule has 1 fully saturated rings. The van der Waals surface area contributed by atoms with Gasteiger partial charge in [0.25, 0.3) is 5.89 Å². The first-order chi connectivity index (χ1) is 8.72. The van der Waals surface area contributed by atoms with Gasteiger partial charge in [-0.15, -0.1) is 0 Å². The maximum atomic E-state index is 9.57. The molecular weight excluding hydrogens is 238 g/mol. The molecule has 0 aromatic carbocycles. The molecule has 7 heteroatoms. The molecule has 1 aromatic rings. The van der Waals surface area contributed by atoms with Crippen molar-refractivity contribution in [2.75, 3.05) is 26.4 Å². The van der Waals surface area contributed by atoms with E-state index in [4.69, 9.17) is 19.7 Å². The fourth-order valence-corrected chi connectivity index (χ4v) is 2.07. The Kier molecular flexibility index (Phi) is 4.28. The Morgan fingerprint density at radius 1 is 1.50 bits per heavy atom. The molecule has 2 heterocycles. The largest absolute Gasteiger partial charge is 0.382 e. The van der Waals surface area contributed by atoms with Crippen LogP contribution in [-0.4, -0.2) is 41.6 Å². The van der Waals surface area contributed by atoms with Crippen LogP contribution < -0.4 is 5.73 Å². The molecular formula is C11H19N3O4. The third-order valence-corrected chi connectivity index (χ3v) is 3.08. The molecule has 0 saturated carbocycles. The zero-order chi connectivity index (χ0) is 13.0. The molecule has 1 saturated heterocycles. The maximum Gasteiger partial charge on any atom is 0.256 e. The topological polar surface area (TPSA) is 104 Å². The summed E-state index contributed by atoms with van der Waals surface area (Å²) in [6.07, 6.45) is 0.432. The van der Waals surface area contributed by atoms with Gasteiger partial charge in [-0.1, -0.05) is 5.16 Å². The molecule has 1 aliphatic rings. The van der Waals surface area contributed by atoms with Gasteiger partial charge in [-0.3, -0.25) is 0 Å². The van der Waals surface area contributed by atoms with Crippen molar-refractivity contribution in [1.29, 1.82) is 0 Å². The van der Waals surface area contributed by atoms with E-state index in [1.165, 1.54) is 0 Å². The average molecular weight is 257 g/mol. The Morgan fingerprint density at radius 2 is 2.22 bits per heavy atom. The van der Waals surface area contributed by atoms with Crippen LogP contribution in [0.15, 0.2) is 4.52 Å². The highest BCUT2D eigenvalue weighted by molar-refractivity contribution is 5.04. The SMILES string of the molecule is CCOC1(c2noc(C(O)CN)n2)CCOCC1. The summed E-state index contributed by atoms with van der Waals surface area (Å²) < 4.78 is 16.2. The summed E-state index contributed by atoms with van der Waals surface area (Å²) in [5, 5.41) is 13.5. The quantitative estimate of drug-likeness (QED) is 0.771. The predicted octanol–water partition coefficient (Wildman–Crippen LogP) is 0.104. The summed E-state index contributed by atoms with van der Waals surface area (Å²) in [7, 11) is 0. The van der Waals surface area contributed by atoms with Gasteiger partial charge in [0.1, 0.15) is 11.7 Å². The van der Waals surface area contributed by atoms with Crippen molar-refractivity contribution in [2.45, 2.75) is 31.5 Å². The van der Waals surface area contributed by atoms with Crippen molar-refractivity contribution in [3.05, 3.63) is 11.7 Å². The lowest BCUT2D eigenvalue weighted by Crippen LogP contribution is -2.37. The molecule has 7 nitrogen and oxygen atoms in total. The molecule has 1 atom stereocenters. The monoisotopic (exact) mass is 257 g/mol. The Bertz CT molecular complexity index is 371. The van der Waals surface area contributed by atoms with Crippen molar-refractivity contribution in [3.8, 4) is 0 Å². The Morgan fingerprint density at radius 3 is 2.83 bits per heavy atom. The van der Waals surface area contributed by atoms with Crippen LogP contribution in [0.2, 0.25) is 0 Å². The molecule has 0 radical (unpaired) electrons. The van der Waals surface area contributed by atoms with Crippen molar-refractivity contribution in [2.24, 2.45) is 5.73 Å². The molecule has 18 heavy (non-hydrogen) atoms. The van der Waals surface area contributed by atoms with Gasteiger partial charge in [0.15, 0.2) is 0 Å². The number of aliphatic hydroxyl groups excluding tert-OH is 1. The lowest BCUT2D eigenvalue weighted by molar-refractivity contribution is -0.118. The van der Waals surface area contributed by atoms with Crippen LogP contribution in [0.1, 0.15) is 37.6 Å². The van der Waals surface area contributed by atoms with E-state index in [2.05, 4.69) is 10.1 Å². The van der Waals surface area contributed by atoms with Gasteiger partial charge in [0.2, 0.25) is 5.82 Å². The van der Waals surface area contributed by atoms with E-state index in [0.717, 1.165) is 0 Å². The highest BCUT2D eigenvalue weighted by Gasteiger charge is 2.40. The van der Waals surface area contributed by atoms with E-state index in [1.54, 1.807) is 0 Å². The van der Waals surface area contributed by atoms with Gasteiger partial charge < -0.3 is 24.8 Å². The smallest absolute Gasteiger partial charge is 0.256 e. The van der Waals surface area contributed by atoms with E-state index in [9.17, 15) is 5.11 Å². The van der Waals surface area contributed by atoms with Crippen molar-refractivity contribution >= 4 is 0 Å². The van der Waals surface area contributed by atoms with Crippen molar-refractivity contribution in [1.82, 2.24) is 10.1 Å². The van der Waals surface area contributed by atoms with Crippen molar-refractivity contribution in [3.63, 3.8) is 0 Å². The van der Waals surface area contributed by atoms with Crippen LogP contribution >= 0.6 is 0 Å². The van der Waals surface area contributed by atoms with Crippen molar-refractivity contribution < 1.29 is 19.1 Å². The Balaban J connectivity index is 2.22. The zero-order valence-electron chi connectivity index (χ0n) is 10.5. The molecule has 102 valence electrons. The fourth-order valence-electron chi connectivity index (χ4n) is 2.07. The molecule has 1 aliphatic heterocycles. The van der Waals surface area contributed by atoms with E-state index in [-0.39, 0.29) is 12.4 Å². The minimum absolute atomic E-state index is 0.0480. The minimum Gasteiger partial charge on any atom is -0.382 e. The first-order valence-electron chi connectivity index (χ1n) is 6.16. The summed E-state index contributed by atoms with van der Waals surface area (Å²) in [5.74, 6) is 0.605. The highest BCUT2D eigenvalue weighted by Crippen LogP contribution is 2.34. The number of hydrogen-bond acceptors (Lipinski definition) is 7. The molecule has 0 amide bonds. The second kappa shape index (κ2) is 5.75. The number of nitrogens with two attached hydrogens (primary N) is 1. The average Bonchev–Trinajstić information content (AvgIpc) is 2.89. The number of aromatic nitrogens is 2. The second-order valence-electron chi connectivity index (χ2n) is 4.25. The van der Waals surface area contributed by atoms with Gasteiger partial charge in [0.05, 0.1) is 0 Å². The minimum atomic E-state index is -0.926. The first-order valence-corrected chi connectivity index (χ1v) is 6.16. The van der Waals surface area contributed by atoms with Gasteiger partial charge in [-0.2, -0.15) is 4.98 Å². The molecule has 0 bridgehead atoms. The summed E-state index contributed by atoms with van der Waals surface area (Å²) in [5.41, 5.74) is 4.79. The van der Waals surface area contributed by atoms with Crippen LogP contribution in [-0.2, 0) is 15.1 Å². The lowest BCUT2D eigenvalue weighted by Gasteiger charge is -2.33. The number of rotatable bonds is 5. The van der Waals surface area contributed by atoms with Crippen LogP contribution in [0.5, 0.6) is 0 Å². The van der Waals surface area contributed by atoms with Crippen LogP contribution in [0, 0.1) is 0 Å². The Hall–Kier alpha value is -1.02. The van der Waals surface area contributed by atoms with E-state index < -0.39 is 11.7 Å². The number of hydrogen-bond donors (Lipinski definition) is 2. The van der Waals surface area contributed by atoms with Gasteiger partial charge >= 0.3 is 0 Å². The van der Waals surface area contributed by atoms with Crippen LogP contribution in [0.4, 0.5) is 0 Å². The molecule has 1 unspecified atom stereocenters. The summed E-state index contributed by atoms with van der Waals surface area (Å²) in [4.78, 5) is 4.21. The van der Waals surface area contributed by atoms with Gasteiger partial charge in [0, 0.05) is 39.2 Å². The third-order valence-electron chi connectivity index (χ3n) is 3.08. The van der Waals surface area contributed by atoms with Gasteiger partial charge in [-0.25, -0.2) is 0 Å². The summed E-state index contributed by atoms with van der Waals surface area (Å²) >= 11 is 0. The van der Waals surface area contributed by atoms with Crippen LogP contribution in [0.3, 0.4) is 0 Å². The lowest BCUT2D eigenvalue weighted by atomic mass is 9.93. The van der Waals surface area contributed by atoms with Gasteiger partial charge in [-0.05, 0) is 6.92 Å². The maximum absolute atomic E-state index is 9.57. The number of nitrogens with zero attached hydrogens (tertiary/aromatic N) is 2. The van der Waals surface area contributed by atoms with E-state index in [0.29, 0.717) is 38.5 Å². The fraction of sp³-hybridized carbons (Fsp3) is 0.818. The second-order valence-corrected chi connectivity index (χ2v) is 4.25. The molecule has 0 spiro atoms. The molecule has 0 aliphatic carbocycles. The van der Waals surface area contributed by atoms with E-state index >= 15 is 0 Å². The Labute approximate surface area is 105 Å². The molecule has 1 aromatic heterocycles. The normalized spacial score (nSPS) is 20.8. The summed E-state index contributed by atoms with van der Waals surface area (Å²) in [6, 6.07) is 0. The third kappa shape index (κ3) is 2.54. The first kappa shape index (κ1) is 13.4. The standard InChI is InChI=1S/C11H19N3O4/c1-2-17-11(3-5-16-6-4-11)10-13-9(18-14-10)8(15)7-12/h8,15H,2-7,12H2,1H3. The molecule has 3 N–H and O–H groups in total. The predicted molar refractivity (Wildman–Crippen MR) is 61.7 cm³/mol. The zero-order valence-corrected chi connectivity index (χ0v) is 10.5. The number of aliphatic hydroxyl groups is 1. The molecule has 2 rings (SSSR count).